The molecule has 9 heteroatoms. The van der Waals surface area contributed by atoms with Gasteiger partial charge in [-0.1, -0.05) is 30.3 Å². The number of ether oxygens (including phenoxy) is 1. The largest absolute Gasteiger partial charge is 0.455 e. The zero-order chi connectivity index (χ0) is 20.1. The molecule has 144 valence electrons. The van der Waals surface area contributed by atoms with E-state index >= 15 is 0 Å². The third-order valence-corrected chi connectivity index (χ3v) is 5.04. The van der Waals surface area contributed by atoms with Crippen LogP contribution in [0.5, 0.6) is 0 Å². The van der Waals surface area contributed by atoms with Crippen molar-refractivity contribution < 1.29 is 19.2 Å². The van der Waals surface area contributed by atoms with E-state index in [0.29, 0.717) is 6.54 Å². The number of rotatable bonds is 7. The Morgan fingerprint density at radius 3 is 2.64 bits per heavy atom. The summed E-state index contributed by atoms with van der Waals surface area (Å²) < 4.78 is 6.03. The molecule has 0 aliphatic rings. The van der Waals surface area contributed by atoms with Gasteiger partial charge in [0.15, 0.2) is 6.61 Å². The van der Waals surface area contributed by atoms with Crippen molar-refractivity contribution in [1.29, 1.82) is 0 Å². The van der Waals surface area contributed by atoms with Crippen LogP contribution in [-0.4, -0.2) is 40.3 Å². The van der Waals surface area contributed by atoms with Crippen LogP contribution in [0.15, 0.2) is 48.5 Å². The lowest BCUT2D eigenvalue weighted by Gasteiger charge is -2.15. The molecule has 2 aromatic carbocycles. The van der Waals surface area contributed by atoms with E-state index in [1.807, 2.05) is 24.3 Å². The molecule has 0 saturated heterocycles. The third-order valence-electron chi connectivity index (χ3n) is 4.02. The number of nitro benzene ring substituents is 1. The summed E-state index contributed by atoms with van der Waals surface area (Å²) in [6.45, 7) is -0.124. The van der Waals surface area contributed by atoms with Gasteiger partial charge in [-0.3, -0.25) is 19.7 Å². The van der Waals surface area contributed by atoms with Crippen LogP contribution < -0.4 is 0 Å². The van der Waals surface area contributed by atoms with Crippen LogP contribution in [0.25, 0.3) is 10.2 Å². The van der Waals surface area contributed by atoms with Gasteiger partial charge in [-0.25, -0.2) is 4.98 Å². The fourth-order valence-electron chi connectivity index (χ4n) is 2.58. The Bertz CT molecular complexity index is 1000. The van der Waals surface area contributed by atoms with Gasteiger partial charge < -0.3 is 9.64 Å². The van der Waals surface area contributed by atoms with E-state index in [-0.39, 0.29) is 23.6 Å². The molecule has 1 amide bonds. The first-order valence-corrected chi connectivity index (χ1v) is 9.22. The molecule has 0 spiro atoms. The molecule has 8 nitrogen and oxygen atoms in total. The molecular weight excluding hydrogens is 382 g/mol. The quantitative estimate of drug-likeness (QED) is 0.344. The van der Waals surface area contributed by atoms with Gasteiger partial charge in [0.2, 0.25) is 0 Å². The SMILES string of the molecule is CN(Cc1nc2ccccc2s1)C(=O)COC(=O)Cc1ccccc1[N+](=O)[O-]. The first kappa shape index (κ1) is 19.4. The molecule has 0 N–H and O–H groups in total. The summed E-state index contributed by atoms with van der Waals surface area (Å²) in [5.74, 6) is -1.08. The number of nitrogens with zero attached hydrogens (tertiary/aromatic N) is 3. The highest BCUT2D eigenvalue weighted by molar-refractivity contribution is 7.18. The van der Waals surface area contributed by atoms with Crippen LogP contribution >= 0.6 is 11.3 Å². The molecule has 0 atom stereocenters. The lowest BCUT2D eigenvalue weighted by molar-refractivity contribution is -0.385. The normalized spacial score (nSPS) is 10.6. The van der Waals surface area contributed by atoms with Gasteiger partial charge in [-0.05, 0) is 12.1 Å². The van der Waals surface area contributed by atoms with E-state index in [1.54, 1.807) is 13.1 Å². The second-order valence-electron chi connectivity index (χ2n) is 6.05. The highest BCUT2D eigenvalue weighted by Gasteiger charge is 2.18. The molecule has 3 rings (SSSR count). The Morgan fingerprint density at radius 1 is 1.18 bits per heavy atom. The van der Waals surface area contributed by atoms with Crippen LogP contribution in [0.2, 0.25) is 0 Å². The predicted octanol–water partition coefficient (Wildman–Crippen LogP) is 2.95. The number of hydrogen-bond donors (Lipinski definition) is 0. The Kier molecular flexibility index (Phi) is 5.95. The van der Waals surface area contributed by atoms with Gasteiger partial charge >= 0.3 is 5.97 Å². The van der Waals surface area contributed by atoms with E-state index in [4.69, 9.17) is 4.74 Å². The van der Waals surface area contributed by atoms with Crippen LogP contribution in [0, 0.1) is 10.1 Å². The molecule has 1 aromatic heterocycles. The van der Waals surface area contributed by atoms with E-state index < -0.39 is 17.5 Å². The number of amides is 1. The maximum atomic E-state index is 12.2. The summed E-state index contributed by atoms with van der Waals surface area (Å²) in [4.78, 5) is 40.5. The van der Waals surface area contributed by atoms with Gasteiger partial charge in [0.05, 0.1) is 28.1 Å². The zero-order valence-corrected chi connectivity index (χ0v) is 15.8. The molecule has 0 radical (unpaired) electrons. The highest BCUT2D eigenvalue weighted by atomic mass is 32.1. The number of esters is 1. The summed E-state index contributed by atoms with van der Waals surface area (Å²) in [5.41, 5.74) is 0.964. The smallest absolute Gasteiger partial charge is 0.311 e. The van der Waals surface area contributed by atoms with Crippen molar-refractivity contribution in [3.63, 3.8) is 0 Å². The lowest BCUT2D eigenvalue weighted by atomic mass is 10.1. The number of carbonyl (C=O) groups excluding carboxylic acids is 2. The van der Waals surface area contributed by atoms with Crippen LogP contribution in [-0.2, 0) is 27.3 Å². The topological polar surface area (TPSA) is 103 Å². The molecule has 0 saturated carbocycles. The number of benzene rings is 2. The first-order chi connectivity index (χ1) is 13.4. The molecule has 3 aromatic rings. The number of aromatic nitrogens is 1. The highest BCUT2D eigenvalue weighted by Crippen LogP contribution is 2.22. The Hall–Kier alpha value is -3.33. The minimum atomic E-state index is -0.698. The average molecular weight is 399 g/mol. The van der Waals surface area contributed by atoms with Crippen LogP contribution in [0.3, 0.4) is 0 Å². The second-order valence-corrected chi connectivity index (χ2v) is 7.16. The number of hydrogen-bond acceptors (Lipinski definition) is 7. The van der Waals surface area contributed by atoms with E-state index in [1.165, 1.54) is 34.4 Å². The van der Waals surface area contributed by atoms with E-state index in [0.717, 1.165) is 15.2 Å². The monoisotopic (exact) mass is 399 g/mol. The van der Waals surface area contributed by atoms with Crippen molar-refractivity contribution in [3.05, 3.63) is 69.2 Å². The summed E-state index contributed by atoms with van der Waals surface area (Å²) in [7, 11) is 1.60. The molecule has 0 bridgehead atoms. The number of fused-ring (bicyclic) bond motifs is 1. The molecular formula is C19H17N3O5S. The Balaban J connectivity index is 1.53. The van der Waals surface area contributed by atoms with Crippen molar-refractivity contribution in [2.75, 3.05) is 13.7 Å². The average Bonchev–Trinajstić information content (AvgIpc) is 3.08. The molecule has 0 fully saturated rings. The number of carbonyl (C=O) groups is 2. The van der Waals surface area contributed by atoms with Crippen LogP contribution in [0.4, 0.5) is 5.69 Å². The number of nitro groups is 1. The Morgan fingerprint density at radius 2 is 1.89 bits per heavy atom. The number of likely N-dealkylation sites (N-methyl/N-ethyl adjacent to an activating group) is 1. The van der Waals surface area contributed by atoms with Crippen LogP contribution in [0.1, 0.15) is 10.6 Å². The summed E-state index contributed by atoms with van der Waals surface area (Å²) in [5, 5.41) is 11.8. The van der Waals surface area contributed by atoms with Gasteiger partial charge in [0, 0.05) is 18.7 Å². The van der Waals surface area contributed by atoms with Gasteiger partial charge in [-0.15, -0.1) is 11.3 Å². The minimum absolute atomic E-state index is 0.154. The van der Waals surface area contributed by atoms with Gasteiger partial charge in [0.1, 0.15) is 5.01 Å². The van der Waals surface area contributed by atoms with Crippen molar-refractivity contribution in [2.45, 2.75) is 13.0 Å². The molecule has 28 heavy (non-hydrogen) atoms. The third kappa shape index (κ3) is 4.68. The van der Waals surface area contributed by atoms with Crippen molar-refractivity contribution in [1.82, 2.24) is 9.88 Å². The fourth-order valence-corrected chi connectivity index (χ4v) is 3.60. The van der Waals surface area contributed by atoms with Gasteiger partial charge in [0.25, 0.3) is 11.6 Å². The van der Waals surface area contributed by atoms with E-state index in [2.05, 4.69) is 4.98 Å². The first-order valence-electron chi connectivity index (χ1n) is 8.40. The predicted molar refractivity (Wildman–Crippen MR) is 104 cm³/mol. The maximum absolute atomic E-state index is 12.2. The summed E-state index contributed by atoms with van der Waals surface area (Å²) in [6.07, 6.45) is -0.272. The molecule has 0 aliphatic heterocycles. The molecule has 0 aliphatic carbocycles. The van der Waals surface area contributed by atoms with Crippen molar-refractivity contribution in [3.8, 4) is 0 Å². The summed E-state index contributed by atoms with van der Waals surface area (Å²) in [6, 6.07) is 13.6. The van der Waals surface area contributed by atoms with Crippen molar-refractivity contribution in [2.24, 2.45) is 0 Å². The zero-order valence-electron chi connectivity index (χ0n) is 15.0. The fraction of sp³-hybridized carbons (Fsp3) is 0.211. The molecule has 0 unspecified atom stereocenters. The molecule has 1 heterocycles. The maximum Gasteiger partial charge on any atom is 0.311 e. The second kappa shape index (κ2) is 8.57. The van der Waals surface area contributed by atoms with Gasteiger partial charge in [-0.2, -0.15) is 0 Å². The van der Waals surface area contributed by atoms with E-state index in [9.17, 15) is 19.7 Å². The van der Waals surface area contributed by atoms with Crippen molar-refractivity contribution >= 4 is 39.1 Å². The standard InChI is InChI=1S/C19H17N3O5S/c1-21(11-17-20-14-7-3-5-9-16(14)28-17)18(23)12-27-19(24)10-13-6-2-4-8-15(13)22(25)26/h2-9H,10-12H2,1H3. The minimum Gasteiger partial charge on any atom is -0.455 e. The number of para-hydroxylation sites is 2. The summed E-state index contributed by atoms with van der Waals surface area (Å²) >= 11 is 1.50. The number of thiazole rings is 1. The lowest BCUT2D eigenvalue weighted by Crippen LogP contribution is -2.31. The Labute approximate surface area is 164 Å².